The molecule has 0 saturated carbocycles. The second-order valence-electron chi connectivity index (χ2n) is 4.92. The Morgan fingerprint density at radius 1 is 1.43 bits per heavy atom. The molecule has 1 aromatic carbocycles. The van der Waals surface area contributed by atoms with Gasteiger partial charge in [0.25, 0.3) is 0 Å². The molecule has 0 spiro atoms. The molecule has 0 amide bonds. The van der Waals surface area contributed by atoms with Crippen LogP contribution in [0, 0.1) is 0 Å². The van der Waals surface area contributed by atoms with Gasteiger partial charge in [0, 0.05) is 29.0 Å². The number of carbonyl (C=O) groups excluding carboxylic acids is 1. The summed E-state index contributed by atoms with van der Waals surface area (Å²) in [5.41, 5.74) is 1.61. The van der Waals surface area contributed by atoms with E-state index in [0.29, 0.717) is 45.8 Å². The first-order chi connectivity index (χ1) is 10.9. The van der Waals surface area contributed by atoms with Crippen LogP contribution in [-0.2, 0) is 19.6 Å². The molecule has 0 unspecified atom stereocenters. The Morgan fingerprint density at radius 2 is 2.17 bits per heavy atom. The van der Waals surface area contributed by atoms with E-state index in [2.05, 4.69) is 11.3 Å². The highest BCUT2D eigenvalue weighted by Crippen LogP contribution is 2.17. The van der Waals surface area contributed by atoms with Crippen molar-refractivity contribution >= 4 is 45.1 Å². The van der Waals surface area contributed by atoms with Gasteiger partial charge in [-0.25, -0.2) is 8.42 Å². The Bertz CT molecular complexity index is 970. The summed E-state index contributed by atoms with van der Waals surface area (Å²) in [7, 11) is -1.85. The van der Waals surface area contributed by atoms with Crippen LogP contribution in [0.1, 0.15) is 0 Å². The molecule has 0 aliphatic rings. The first kappa shape index (κ1) is 17.0. The van der Waals surface area contributed by atoms with Gasteiger partial charge in [-0.1, -0.05) is 18.7 Å². The lowest BCUT2D eigenvalue weighted by Crippen LogP contribution is -2.22. The van der Waals surface area contributed by atoms with E-state index in [0.717, 1.165) is 6.26 Å². The number of fused-ring (bicyclic) bond motifs is 1. The van der Waals surface area contributed by atoms with Gasteiger partial charge in [0.2, 0.25) is 10.0 Å². The number of anilines is 1. The molecule has 2 rings (SSSR count). The number of nitrogens with one attached hydrogen (secondary N) is 1. The summed E-state index contributed by atoms with van der Waals surface area (Å²) in [5, 5.41) is 1.13. The van der Waals surface area contributed by atoms with Gasteiger partial charge in [-0.15, -0.1) is 0 Å². The van der Waals surface area contributed by atoms with E-state index in [1.54, 1.807) is 37.5 Å². The van der Waals surface area contributed by atoms with Crippen molar-refractivity contribution in [3.8, 4) is 0 Å². The highest BCUT2D eigenvalue weighted by molar-refractivity contribution is 7.92. The Balaban J connectivity index is 2.71. The van der Waals surface area contributed by atoms with Crippen molar-refractivity contribution in [1.82, 2.24) is 0 Å². The minimum Gasteiger partial charge on any atom is -0.457 e. The van der Waals surface area contributed by atoms with Crippen molar-refractivity contribution in [3.63, 3.8) is 0 Å². The molecule has 0 aliphatic carbocycles. The average Bonchev–Trinajstić information content (AvgIpc) is 2.78. The number of methoxy groups -OCH3 is 1. The number of benzene rings is 1. The maximum absolute atomic E-state index is 11.4. The van der Waals surface area contributed by atoms with Crippen LogP contribution in [0.5, 0.6) is 0 Å². The minimum absolute atomic E-state index is 0.334. The van der Waals surface area contributed by atoms with Crippen molar-refractivity contribution in [3.05, 3.63) is 41.0 Å². The lowest BCUT2D eigenvalue weighted by Gasteiger charge is -2.03. The molecule has 1 aromatic heterocycles. The Kier molecular flexibility index (Phi) is 5.02. The zero-order valence-corrected chi connectivity index (χ0v) is 13.6. The minimum atomic E-state index is -3.40. The fourth-order valence-electron chi connectivity index (χ4n) is 2.20. The van der Waals surface area contributed by atoms with Crippen molar-refractivity contribution in [2.75, 3.05) is 24.7 Å². The van der Waals surface area contributed by atoms with Crippen LogP contribution in [0.4, 0.5) is 5.69 Å². The lowest BCUT2D eigenvalue weighted by atomic mass is 10.1. The zero-order valence-electron chi connectivity index (χ0n) is 12.8. The summed E-state index contributed by atoms with van der Waals surface area (Å²) in [6.45, 7) is 4.17. The number of carbonyl (C=O) groups is 1. The van der Waals surface area contributed by atoms with Gasteiger partial charge in [0.05, 0.1) is 12.9 Å². The summed E-state index contributed by atoms with van der Waals surface area (Å²) in [5.74, 6) is 0. The summed E-state index contributed by atoms with van der Waals surface area (Å²) in [6.07, 6.45) is 5.07. The molecule has 0 atom stereocenters. The average molecular weight is 335 g/mol. The third-order valence-electron chi connectivity index (χ3n) is 3.04. The normalized spacial score (nSPS) is 13.5. The third kappa shape index (κ3) is 4.08. The van der Waals surface area contributed by atoms with Crippen LogP contribution in [0.2, 0.25) is 0 Å². The van der Waals surface area contributed by atoms with E-state index >= 15 is 0 Å². The number of hydrogen-bond donors (Lipinski definition) is 1. The fourth-order valence-corrected chi connectivity index (χ4v) is 2.75. The lowest BCUT2D eigenvalue weighted by molar-refractivity contribution is -0.103. The SMILES string of the molecule is C=c1oc2ccc(NS(C)(=O)=O)cc2/c1=C(C=O)/C=C\COC. The summed E-state index contributed by atoms with van der Waals surface area (Å²) in [4.78, 5) is 11.4. The van der Waals surface area contributed by atoms with E-state index in [9.17, 15) is 13.2 Å². The van der Waals surface area contributed by atoms with Crippen LogP contribution in [-0.4, -0.2) is 34.7 Å². The maximum Gasteiger partial charge on any atom is 0.229 e. The van der Waals surface area contributed by atoms with Crippen molar-refractivity contribution in [2.45, 2.75) is 0 Å². The second kappa shape index (κ2) is 6.80. The van der Waals surface area contributed by atoms with Crippen LogP contribution in [0.25, 0.3) is 23.1 Å². The molecule has 6 nitrogen and oxygen atoms in total. The molecule has 23 heavy (non-hydrogen) atoms. The molecular formula is C16H17NO5S. The van der Waals surface area contributed by atoms with E-state index in [1.165, 1.54) is 0 Å². The number of aldehydes is 1. The van der Waals surface area contributed by atoms with Crippen LogP contribution in [0.15, 0.2) is 34.8 Å². The highest BCUT2D eigenvalue weighted by Gasteiger charge is 2.09. The van der Waals surface area contributed by atoms with Gasteiger partial charge in [-0.2, -0.15) is 0 Å². The monoisotopic (exact) mass is 335 g/mol. The molecule has 0 aliphatic heterocycles. The number of rotatable bonds is 6. The zero-order chi connectivity index (χ0) is 17.0. The van der Waals surface area contributed by atoms with E-state index < -0.39 is 10.0 Å². The van der Waals surface area contributed by atoms with Crippen LogP contribution >= 0.6 is 0 Å². The summed E-state index contributed by atoms with van der Waals surface area (Å²) in [6, 6.07) is 4.82. The third-order valence-corrected chi connectivity index (χ3v) is 3.65. The Hall–Kier alpha value is -2.38. The number of ether oxygens (including phenoxy) is 1. The molecular weight excluding hydrogens is 318 g/mol. The largest absolute Gasteiger partial charge is 0.457 e. The molecule has 0 radical (unpaired) electrons. The predicted molar refractivity (Wildman–Crippen MR) is 89.9 cm³/mol. The first-order valence-electron chi connectivity index (χ1n) is 6.70. The molecule has 2 aromatic rings. The molecule has 1 N–H and O–H groups in total. The fraction of sp³-hybridized carbons (Fsp3) is 0.188. The predicted octanol–water partition coefficient (Wildman–Crippen LogP) is 0.767. The van der Waals surface area contributed by atoms with E-state index in [4.69, 9.17) is 9.15 Å². The van der Waals surface area contributed by atoms with Gasteiger partial charge in [0.15, 0.2) is 6.29 Å². The van der Waals surface area contributed by atoms with Crippen LogP contribution in [0.3, 0.4) is 0 Å². The van der Waals surface area contributed by atoms with Gasteiger partial charge >= 0.3 is 0 Å². The maximum atomic E-state index is 11.4. The first-order valence-corrected chi connectivity index (χ1v) is 8.59. The summed E-state index contributed by atoms with van der Waals surface area (Å²) >= 11 is 0. The smallest absolute Gasteiger partial charge is 0.229 e. The molecule has 7 heteroatoms. The van der Waals surface area contributed by atoms with Gasteiger partial charge < -0.3 is 9.15 Å². The molecule has 122 valence electrons. The number of hydrogen-bond acceptors (Lipinski definition) is 5. The van der Waals surface area contributed by atoms with E-state index in [-0.39, 0.29) is 0 Å². The highest BCUT2D eigenvalue weighted by atomic mass is 32.2. The molecule has 0 bridgehead atoms. The molecule has 0 saturated heterocycles. The van der Waals surface area contributed by atoms with Crippen molar-refractivity contribution in [2.24, 2.45) is 0 Å². The van der Waals surface area contributed by atoms with Crippen molar-refractivity contribution < 1.29 is 22.4 Å². The number of furan rings is 1. The number of allylic oxidation sites excluding steroid dienone is 1. The standard InChI is InChI=1S/C16H17NO5S/c1-11-16(12(10-18)5-4-8-21-2)14-9-13(17-23(3,19)20)6-7-15(14)22-11/h4-7,9-10,17H,1,8H2,2-3H3/b5-4-,16-12-. The summed E-state index contributed by atoms with van der Waals surface area (Å²) < 4.78 is 35.6. The Labute approximate surface area is 133 Å². The van der Waals surface area contributed by atoms with Gasteiger partial charge in [-0.05, 0) is 18.2 Å². The molecule has 0 fully saturated rings. The Morgan fingerprint density at radius 3 is 2.78 bits per heavy atom. The second-order valence-corrected chi connectivity index (χ2v) is 6.66. The van der Waals surface area contributed by atoms with Crippen LogP contribution < -0.4 is 15.4 Å². The van der Waals surface area contributed by atoms with Gasteiger partial charge in [-0.3, -0.25) is 9.52 Å². The molecule has 1 heterocycles. The van der Waals surface area contributed by atoms with E-state index in [1.807, 2.05) is 0 Å². The number of sulfonamides is 1. The quantitative estimate of drug-likeness (QED) is 0.788. The van der Waals surface area contributed by atoms with Crippen molar-refractivity contribution in [1.29, 1.82) is 0 Å². The topological polar surface area (TPSA) is 85.6 Å². The van der Waals surface area contributed by atoms with Gasteiger partial charge in [0.1, 0.15) is 11.0 Å².